The first-order valence-electron chi connectivity index (χ1n) is 36.8. The molecule has 0 aliphatic carbocycles. The normalized spacial score (nSPS) is 14.5. The zero-order chi connectivity index (χ0) is 69.0. The summed E-state index contributed by atoms with van der Waals surface area (Å²) in [6, 6.07) is 0. The number of carbonyl (C=O) groups excluding carboxylic acids is 4. The Morgan fingerprint density at radius 2 is 0.574 bits per heavy atom. The van der Waals surface area contributed by atoms with Crippen molar-refractivity contribution in [1.29, 1.82) is 0 Å². The highest BCUT2D eigenvalue weighted by atomic mass is 31.2. The van der Waals surface area contributed by atoms with E-state index < -0.39 is 97.5 Å². The monoisotopic (exact) mass is 1370 g/mol. The van der Waals surface area contributed by atoms with Crippen LogP contribution >= 0.6 is 15.6 Å². The number of carbonyl (C=O) groups is 4. The number of rotatable bonds is 69. The molecule has 0 saturated heterocycles. The van der Waals surface area contributed by atoms with Crippen LogP contribution in [0.4, 0.5) is 0 Å². The number of aliphatic hydroxyl groups excluding tert-OH is 1. The van der Waals surface area contributed by atoms with Gasteiger partial charge in [-0.2, -0.15) is 0 Å². The molecule has 0 spiro atoms. The Balaban J connectivity index is 5.35. The summed E-state index contributed by atoms with van der Waals surface area (Å²) < 4.78 is 68.3. The number of ether oxygens (including phenoxy) is 4. The lowest BCUT2D eigenvalue weighted by Gasteiger charge is -2.21. The van der Waals surface area contributed by atoms with Gasteiger partial charge in [0.05, 0.1) is 26.4 Å². The maximum atomic E-state index is 13.0. The van der Waals surface area contributed by atoms with Crippen molar-refractivity contribution in [3.63, 3.8) is 0 Å². The van der Waals surface area contributed by atoms with Crippen molar-refractivity contribution in [1.82, 2.24) is 0 Å². The molecule has 3 N–H and O–H groups in total. The zero-order valence-electron chi connectivity index (χ0n) is 59.1. The van der Waals surface area contributed by atoms with Crippen molar-refractivity contribution in [3.8, 4) is 0 Å². The van der Waals surface area contributed by atoms with E-state index >= 15 is 0 Å². The Bertz CT molecular complexity index is 2120. The standard InChI is InChI=1S/C75H132O17P2/c1-5-9-13-17-21-25-29-32-34-37-41-44-48-52-56-60-73(78)86-66-71(92-75(80)62-58-54-50-46-42-38-35-33-30-26-22-18-14-10-6-2)68-90-94(83,84)88-64-69(76)63-87-93(81,82)89-67-70(91-74(79)61-57-53-49-45-39-28-24-20-16-12-8-4)65-85-72(77)59-55-51-47-43-40-36-31-27-23-19-15-11-7-3/h9,13,15,19,21-22,25-27,31-35,69-71,76H,5-8,10-12,14,16-18,20,23-24,28-30,36-68H2,1-4H3,(H,81,82)(H,83,84)/b13-9-,19-15-,25-21-,26-22-,31-27-,34-32-,35-33-. The summed E-state index contributed by atoms with van der Waals surface area (Å²) in [5, 5.41) is 10.6. The molecule has 0 aromatic heterocycles. The average Bonchev–Trinajstić information content (AvgIpc) is 1.36. The average molecular weight is 1370 g/mol. The molecule has 0 aliphatic rings. The molecule has 17 nitrogen and oxygen atoms in total. The fourth-order valence-corrected chi connectivity index (χ4v) is 11.3. The fourth-order valence-electron chi connectivity index (χ4n) is 9.71. The van der Waals surface area contributed by atoms with Crippen LogP contribution in [-0.4, -0.2) is 96.7 Å². The third-order valence-corrected chi connectivity index (χ3v) is 17.2. The first-order chi connectivity index (χ1) is 45.7. The summed E-state index contributed by atoms with van der Waals surface area (Å²) in [6.07, 6.45) is 67.2. The summed E-state index contributed by atoms with van der Waals surface area (Å²) in [5.74, 6) is -2.21. The quantitative estimate of drug-likeness (QED) is 0.0169. The summed E-state index contributed by atoms with van der Waals surface area (Å²) >= 11 is 0. The number of phosphoric ester groups is 2. The maximum absolute atomic E-state index is 13.0. The largest absolute Gasteiger partial charge is 0.472 e. The van der Waals surface area contributed by atoms with E-state index in [-0.39, 0.29) is 25.7 Å². The molecule has 19 heteroatoms. The molecule has 544 valence electrons. The Morgan fingerprint density at radius 3 is 0.915 bits per heavy atom. The highest BCUT2D eigenvalue weighted by Crippen LogP contribution is 2.45. The van der Waals surface area contributed by atoms with Crippen LogP contribution in [0.15, 0.2) is 85.1 Å². The lowest BCUT2D eigenvalue weighted by molar-refractivity contribution is -0.161. The van der Waals surface area contributed by atoms with Crippen LogP contribution in [0.1, 0.15) is 310 Å². The van der Waals surface area contributed by atoms with E-state index in [0.717, 1.165) is 173 Å². The molecule has 0 fully saturated rings. The lowest BCUT2D eigenvalue weighted by Crippen LogP contribution is -2.30. The van der Waals surface area contributed by atoms with Gasteiger partial charge in [0.25, 0.3) is 0 Å². The molecule has 0 aromatic rings. The number of unbranched alkanes of at least 4 members (excludes halogenated alkanes) is 29. The fraction of sp³-hybridized carbons (Fsp3) is 0.760. The summed E-state index contributed by atoms with van der Waals surface area (Å²) in [4.78, 5) is 72.7. The van der Waals surface area contributed by atoms with Crippen LogP contribution < -0.4 is 0 Å². The predicted molar refractivity (Wildman–Crippen MR) is 381 cm³/mol. The van der Waals surface area contributed by atoms with E-state index in [4.69, 9.17) is 37.0 Å². The molecule has 0 bridgehead atoms. The summed E-state index contributed by atoms with van der Waals surface area (Å²) in [7, 11) is -9.94. The second kappa shape index (κ2) is 67.8. The van der Waals surface area contributed by atoms with E-state index in [1.165, 1.54) is 57.8 Å². The maximum Gasteiger partial charge on any atom is 0.472 e. The van der Waals surface area contributed by atoms with E-state index in [1.54, 1.807) is 0 Å². The molecular formula is C75H132O17P2. The molecule has 0 aromatic carbocycles. The SMILES string of the molecule is CC/C=C\C/C=C\C/C=C\CCCCCCCC(=O)OCC(COP(=O)(O)OCC(O)COP(=O)(O)OCC(COC(=O)CCCCCCC/C=C\C/C=C\CCC)OC(=O)CCCCCCCCCCCCC)OC(=O)CCCCCCC/C=C\C/C=C\CCCCC. The van der Waals surface area contributed by atoms with Crippen molar-refractivity contribution in [3.05, 3.63) is 85.1 Å². The molecule has 5 atom stereocenters. The van der Waals surface area contributed by atoms with E-state index in [2.05, 4.69) is 113 Å². The van der Waals surface area contributed by atoms with Gasteiger partial charge in [0.15, 0.2) is 12.2 Å². The minimum atomic E-state index is -4.98. The first kappa shape index (κ1) is 90.2. The van der Waals surface area contributed by atoms with Gasteiger partial charge in [0.1, 0.15) is 19.3 Å². The molecule has 94 heavy (non-hydrogen) atoms. The third-order valence-electron chi connectivity index (χ3n) is 15.3. The number of aliphatic hydroxyl groups is 1. The second-order valence-electron chi connectivity index (χ2n) is 24.5. The smallest absolute Gasteiger partial charge is 0.462 e. The van der Waals surface area contributed by atoms with E-state index in [9.17, 15) is 43.2 Å². The molecule has 0 heterocycles. The van der Waals surface area contributed by atoms with Crippen LogP contribution in [-0.2, 0) is 65.4 Å². The summed E-state index contributed by atoms with van der Waals surface area (Å²) in [6.45, 7) is 4.62. The Hall–Kier alpha value is -3.76. The lowest BCUT2D eigenvalue weighted by atomic mass is 10.1. The Morgan fingerprint density at radius 1 is 0.309 bits per heavy atom. The Labute approximate surface area is 570 Å². The zero-order valence-corrected chi connectivity index (χ0v) is 60.9. The van der Waals surface area contributed by atoms with Crippen LogP contribution in [0.25, 0.3) is 0 Å². The third kappa shape index (κ3) is 66.8. The van der Waals surface area contributed by atoms with Crippen LogP contribution in [0.5, 0.6) is 0 Å². The van der Waals surface area contributed by atoms with Gasteiger partial charge in [-0.25, -0.2) is 9.13 Å². The van der Waals surface area contributed by atoms with Crippen LogP contribution in [0.3, 0.4) is 0 Å². The highest BCUT2D eigenvalue weighted by Gasteiger charge is 2.30. The number of allylic oxidation sites excluding steroid dienone is 14. The van der Waals surface area contributed by atoms with Gasteiger partial charge in [-0.3, -0.25) is 37.3 Å². The predicted octanol–water partition coefficient (Wildman–Crippen LogP) is 20.7. The van der Waals surface area contributed by atoms with Crippen molar-refractivity contribution in [2.24, 2.45) is 0 Å². The van der Waals surface area contributed by atoms with Crippen molar-refractivity contribution in [2.75, 3.05) is 39.6 Å². The van der Waals surface area contributed by atoms with Crippen molar-refractivity contribution < 1.29 is 80.2 Å². The minimum Gasteiger partial charge on any atom is -0.462 e. The highest BCUT2D eigenvalue weighted by molar-refractivity contribution is 7.47. The Kier molecular flexibility index (Phi) is 65.1. The van der Waals surface area contributed by atoms with Crippen molar-refractivity contribution >= 4 is 39.5 Å². The number of esters is 4. The first-order valence-corrected chi connectivity index (χ1v) is 39.8. The molecule has 0 aliphatic heterocycles. The molecule has 0 rings (SSSR count). The van der Waals surface area contributed by atoms with Gasteiger partial charge in [-0.1, -0.05) is 254 Å². The van der Waals surface area contributed by atoms with Gasteiger partial charge in [-0.15, -0.1) is 0 Å². The van der Waals surface area contributed by atoms with Gasteiger partial charge in [0.2, 0.25) is 0 Å². The topological polar surface area (TPSA) is 237 Å². The van der Waals surface area contributed by atoms with E-state index in [0.29, 0.717) is 25.7 Å². The molecule has 0 amide bonds. The van der Waals surface area contributed by atoms with Crippen LogP contribution in [0, 0.1) is 0 Å². The number of hydrogen-bond donors (Lipinski definition) is 3. The van der Waals surface area contributed by atoms with Gasteiger partial charge in [-0.05, 0) is 116 Å². The van der Waals surface area contributed by atoms with Gasteiger partial charge >= 0.3 is 39.5 Å². The van der Waals surface area contributed by atoms with Crippen LogP contribution in [0.2, 0.25) is 0 Å². The second-order valence-corrected chi connectivity index (χ2v) is 27.4. The number of phosphoric acid groups is 2. The van der Waals surface area contributed by atoms with Gasteiger partial charge in [0, 0.05) is 25.7 Å². The molecular weight excluding hydrogens is 1230 g/mol. The van der Waals surface area contributed by atoms with Crippen molar-refractivity contribution in [2.45, 2.75) is 329 Å². The molecule has 5 unspecified atom stereocenters. The minimum absolute atomic E-state index is 0.0759. The molecule has 0 saturated carbocycles. The van der Waals surface area contributed by atoms with E-state index in [1.807, 2.05) is 0 Å². The summed E-state index contributed by atoms with van der Waals surface area (Å²) in [5.41, 5.74) is 0. The molecule has 0 radical (unpaired) electrons. The number of hydrogen-bond acceptors (Lipinski definition) is 15. The van der Waals surface area contributed by atoms with Gasteiger partial charge < -0.3 is 33.8 Å².